The molecular weight excluding hydrogens is 260 g/mol. The summed E-state index contributed by atoms with van der Waals surface area (Å²) in [5.74, 6) is 1.80. The summed E-state index contributed by atoms with van der Waals surface area (Å²) in [5, 5.41) is 12.4. The van der Waals surface area contributed by atoms with Gasteiger partial charge in [0.15, 0.2) is 0 Å². The number of rotatable bonds is 3. The van der Waals surface area contributed by atoms with Crippen molar-refractivity contribution in [1.82, 2.24) is 4.98 Å². The van der Waals surface area contributed by atoms with Crippen LogP contribution >= 0.6 is 23.4 Å². The number of halogens is 1. The first kappa shape index (κ1) is 12.5. The summed E-state index contributed by atoms with van der Waals surface area (Å²) in [4.78, 5) is 14.8. The molecule has 0 amide bonds. The maximum Gasteiger partial charge on any atom is 0.337 e. The van der Waals surface area contributed by atoms with Crippen LogP contribution in [0, 0.1) is 0 Å². The standard InChI is InChI=1S/C11H13ClN2O2S/c12-9-4-7(11(15)16)5-13-10(9)14-8-2-1-3-17-6-8/h4-5,8H,1-3,6H2,(H,13,14)(H,15,16). The van der Waals surface area contributed by atoms with Crippen molar-refractivity contribution in [3.8, 4) is 0 Å². The molecule has 6 heteroatoms. The summed E-state index contributed by atoms with van der Waals surface area (Å²) >= 11 is 7.91. The van der Waals surface area contributed by atoms with E-state index in [2.05, 4.69) is 10.3 Å². The monoisotopic (exact) mass is 272 g/mol. The Morgan fingerprint density at radius 3 is 3.06 bits per heavy atom. The van der Waals surface area contributed by atoms with Gasteiger partial charge in [-0.05, 0) is 24.7 Å². The first-order valence-electron chi connectivity index (χ1n) is 5.40. The summed E-state index contributed by atoms with van der Waals surface area (Å²) < 4.78 is 0. The molecule has 2 N–H and O–H groups in total. The molecule has 92 valence electrons. The highest BCUT2D eigenvalue weighted by molar-refractivity contribution is 7.99. The Bertz CT molecular complexity index is 422. The maximum absolute atomic E-state index is 10.7. The molecule has 17 heavy (non-hydrogen) atoms. The molecule has 1 saturated heterocycles. The van der Waals surface area contributed by atoms with Crippen molar-refractivity contribution < 1.29 is 9.90 Å². The van der Waals surface area contributed by atoms with Crippen molar-refractivity contribution in [1.29, 1.82) is 0 Å². The van der Waals surface area contributed by atoms with Gasteiger partial charge in [0.05, 0.1) is 10.6 Å². The van der Waals surface area contributed by atoms with Crippen LogP contribution in [0.25, 0.3) is 0 Å². The van der Waals surface area contributed by atoms with E-state index < -0.39 is 5.97 Å². The number of carboxylic acids is 1. The lowest BCUT2D eigenvalue weighted by Crippen LogP contribution is -2.26. The van der Waals surface area contributed by atoms with Crippen LogP contribution in [-0.4, -0.2) is 33.6 Å². The lowest BCUT2D eigenvalue weighted by molar-refractivity contribution is 0.0696. The maximum atomic E-state index is 10.7. The van der Waals surface area contributed by atoms with Crippen molar-refractivity contribution in [2.75, 3.05) is 16.8 Å². The molecule has 1 unspecified atom stereocenters. The van der Waals surface area contributed by atoms with E-state index in [0.717, 1.165) is 12.2 Å². The molecular formula is C11H13ClN2O2S. The average Bonchev–Trinajstić information content (AvgIpc) is 2.33. The molecule has 1 aliphatic rings. The summed E-state index contributed by atoms with van der Waals surface area (Å²) in [6.07, 6.45) is 3.62. The molecule has 1 aromatic rings. The molecule has 2 heterocycles. The smallest absolute Gasteiger partial charge is 0.337 e. The van der Waals surface area contributed by atoms with E-state index in [0.29, 0.717) is 16.9 Å². The van der Waals surface area contributed by atoms with Gasteiger partial charge in [0, 0.05) is 18.0 Å². The minimum absolute atomic E-state index is 0.110. The number of pyridine rings is 1. The second-order valence-corrected chi connectivity index (χ2v) is 5.48. The van der Waals surface area contributed by atoms with E-state index in [-0.39, 0.29) is 5.56 Å². The Morgan fingerprint density at radius 1 is 1.65 bits per heavy atom. The lowest BCUT2D eigenvalue weighted by atomic mass is 10.2. The van der Waals surface area contributed by atoms with Gasteiger partial charge < -0.3 is 10.4 Å². The molecule has 1 aliphatic heterocycles. The molecule has 2 rings (SSSR count). The Morgan fingerprint density at radius 2 is 2.47 bits per heavy atom. The van der Waals surface area contributed by atoms with Gasteiger partial charge in [0.1, 0.15) is 5.82 Å². The lowest BCUT2D eigenvalue weighted by Gasteiger charge is -2.23. The van der Waals surface area contributed by atoms with Crippen LogP contribution in [0.3, 0.4) is 0 Å². The number of carboxylic acid groups (broad SMARTS) is 1. The van der Waals surface area contributed by atoms with E-state index in [4.69, 9.17) is 16.7 Å². The number of aromatic carboxylic acids is 1. The first-order chi connectivity index (χ1) is 8.16. The molecule has 0 spiro atoms. The van der Waals surface area contributed by atoms with Crippen LogP contribution in [0.1, 0.15) is 23.2 Å². The fourth-order valence-corrected chi connectivity index (χ4v) is 3.00. The fourth-order valence-electron chi connectivity index (χ4n) is 1.71. The summed E-state index contributed by atoms with van der Waals surface area (Å²) in [7, 11) is 0. The zero-order valence-corrected chi connectivity index (χ0v) is 10.7. The highest BCUT2D eigenvalue weighted by Crippen LogP contribution is 2.25. The van der Waals surface area contributed by atoms with Gasteiger partial charge in [-0.1, -0.05) is 11.6 Å². The van der Waals surface area contributed by atoms with Crippen molar-refractivity contribution in [2.45, 2.75) is 18.9 Å². The van der Waals surface area contributed by atoms with E-state index in [1.54, 1.807) is 0 Å². The largest absolute Gasteiger partial charge is 0.478 e. The minimum Gasteiger partial charge on any atom is -0.478 e. The number of nitrogens with one attached hydrogen (secondary N) is 1. The third-order valence-corrected chi connectivity index (χ3v) is 4.09. The van der Waals surface area contributed by atoms with Crippen LogP contribution in [0.15, 0.2) is 12.3 Å². The van der Waals surface area contributed by atoms with Crippen LogP contribution < -0.4 is 5.32 Å². The number of thioether (sulfide) groups is 1. The van der Waals surface area contributed by atoms with Crippen LogP contribution in [0.4, 0.5) is 5.82 Å². The van der Waals surface area contributed by atoms with Crippen molar-refractivity contribution >= 4 is 35.1 Å². The van der Waals surface area contributed by atoms with E-state index in [1.807, 2.05) is 11.8 Å². The summed E-state index contributed by atoms with van der Waals surface area (Å²) in [6.45, 7) is 0. The Labute approximate surface area is 109 Å². The van der Waals surface area contributed by atoms with Gasteiger partial charge in [0.2, 0.25) is 0 Å². The second kappa shape index (κ2) is 5.60. The predicted molar refractivity (Wildman–Crippen MR) is 70.2 cm³/mol. The number of hydrogen-bond donors (Lipinski definition) is 2. The topological polar surface area (TPSA) is 62.2 Å². The number of anilines is 1. The molecule has 1 atom stereocenters. The molecule has 4 nitrogen and oxygen atoms in total. The van der Waals surface area contributed by atoms with E-state index in [9.17, 15) is 4.79 Å². The number of nitrogens with zero attached hydrogens (tertiary/aromatic N) is 1. The van der Waals surface area contributed by atoms with Crippen LogP contribution in [-0.2, 0) is 0 Å². The van der Waals surface area contributed by atoms with E-state index >= 15 is 0 Å². The van der Waals surface area contributed by atoms with Crippen molar-refractivity contribution in [2.24, 2.45) is 0 Å². The molecule has 1 aromatic heterocycles. The van der Waals surface area contributed by atoms with Crippen LogP contribution in [0.2, 0.25) is 5.02 Å². The first-order valence-corrected chi connectivity index (χ1v) is 6.93. The van der Waals surface area contributed by atoms with Gasteiger partial charge in [-0.2, -0.15) is 11.8 Å². The van der Waals surface area contributed by atoms with Gasteiger partial charge in [-0.15, -0.1) is 0 Å². The SMILES string of the molecule is O=C(O)c1cnc(NC2CCCSC2)c(Cl)c1. The molecule has 0 saturated carbocycles. The van der Waals surface area contributed by atoms with Gasteiger partial charge in [-0.25, -0.2) is 9.78 Å². The van der Waals surface area contributed by atoms with Gasteiger partial charge in [-0.3, -0.25) is 0 Å². The second-order valence-electron chi connectivity index (χ2n) is 3.92. The molecule has 0 radical (unpaired) electrons. The zero-order valence-electron chi connectivity index (χ0n) is 9.15. The quantitative estimate of drug-likeness (QED) is 0.886. The molecule has 0 aliphatic carbocycles. The number of hydrogen-bond acceptors (Lipinski definition) is 4. The molecule has 0 aromatic carbocycles. The number of carbonyl (C=O) groups is 1. The van der Waals surface area contributed by atoms with Crippen molar-refractivity contribution in [3.63, 3.8) is 0 Å². The Kier molecular flexibility index (Phi) is 4.12. The number of aromatic nitrogens is 1. The highest BCUT2D eigenvalue weighted by atomic mass is 35.5. The highest BCUT2D eigenvalue weighted by Gasteiger charge is 2.16. The molecule has 0 bridgehead atoms. The zero-order chi connectivity index (χ0) is 12.3. The summed E-state index contributed by atoms with van der Waals surface area (Å²) in [5.41, 5.74) is 0.110. The van der Waals surface area contributed by atoms with Crippen molar-refractivity contribution in [3.05, 3.63) is 22.8 Å². The van der Waals surface area contributed by atoms with E-state index in [1.165, 1.54) is 24.4 Å². The van der Waals surface area contributed by atoms with Gasteiger partial charge >= 0.3 is 5.97 Å². The average molecular weight is 273 g/mol. The Hall–Kier alpha value is -0.940. The summed E-state index contributed by atoms with van der Waals surface area (Å²) in [6, 6.07) is 1.80. The van der Waals surface area contributed by atoms with Gasteiger partial charge in [0.25, 0.3) is 0 Å². The minimum atomic E-state index is -1.01. The fraction of sp³-hybridized carbons (Fsp3) is 0.455. The van der Waals surface area contributed by atoms with Crippen LogP contribution in [0.5, 0.6) is 0 Å². The molecule has 1 fully saturated rings. The third-order valence-electron chi connectivity index (χ3n) is 2.59. The normalized spacial score (nSPS) is 19.9. The predicted octanol–water partition coefficient (Wildman–Crippen LogP) is 2.74. The third kappa shape index (κ3) is 3.26. The Balaban J connectivity index is 2.08.